The number of rotatable bonds is 7. The summed E-state index contributed by atoms with van der Waals surface area (Å²) < 4.78 is 19.8. The van der Waals surface area contributed by atoms with Crippen LogP contribution < -0.4 is 10.1 Å². The molecule has 1 amide bonds. The largest absolute Gasteiger partial charge is 0.492 e. The quantitative estimate of drug-likeness (QED) is 0.392. The van der Waals surface area contributed by atoms with Crippen LogP contribution in [0.2, 0.25) is 0 Å². The Morgan fingerprint density at radius 3 is 2.70 bits per heavy atom. The lowest BCUT2D eigenvalue weighted by molar-refractivity contribution is -0.384. The number of ether oxygens (including phenoxy) is 1. The Morgan fingerprint density at radius 1 is 1.22 bits per heavy atom. The van der Waals surface area contributed by atoms with Gasteiger partial charge in [-0.15, -0.1) is 0 Å². The molecule has 9 heteroatoms. The van der Waals surface area contributed by atoms with Gasteiger partial charge in [0.25, 0.3) is 11.6 Å². The number of hydrogen-bond acceptors (Lipinski definition) is 5. The van der Waals surface area contributed by atoms with Crippen LogP contribution in [-0.2, 0) is 0 Å². The summed E-state index contributed by atoms with van der Waals surface area (Å²) in [5, 5.41) is 17.5. The molecule has 0 radical (unpaired) electrons. The molecule has 0 aliphatic heterocycles. The second kappa shape index (κ2) is 8.09. The molecule has 2 aromatic carbocycles. The van der Waals surface area contributed by atoms with Gasteiger partial charge in [-0.05, 0) is 30.3 Å². The van der Waals surface area contributed by atoms with E-state index in [1.165, 1.54) is 41.1 Å². The van der Waals surface area contributed by atoms with Crippen LogP contribution in [0.4, 0.5) is 10.1 Å². The molecule has 0 unspecified atom stereocenters. The van der Waals surface area contributed by atoms with Crippen LogP contribution in [0.25, 0.3) is 5.69 Å². The van der Waals surface area contributed by atoms with Crippen molar-refractivity contribution in [1.82, 2.24) is 15.1 Å². The van der Waals surface area contributed by atoms with E-state index in [9.17, 15) is 19.3 Å². The lowest BCUT2D eigenvalue weighted by Crippen LogP contribution is -2.28. The molecule has 0 spiro atoms. The van der Waals surface area contributed by atoms with Gasteiger partial charge in [0.05, 0.1) is 17.2 Å². The highest BCUT2D eigenvalue weighted by Crippen LogP contribution is 2.15. The predicted octanol–water partition coefficient (Wildman–Crippen LogP) is 2.73. The molecule has 1 aromatic heterocycles. The van der Waals surface area contributed by atoms with E-state index in [-0.39, 0.29) is 24.5 Å². The van der Waals surface area contributed by atoms with Gasteiger partial charge in [-0.1, -0.05) is 6.07 Å². The van der Waals surface area contributed by atoms with Crippen LogP contribution in [0.15, 0.2) is 60.8 Å². The molecule has 3 rings (SSSR count). The number of carbonyl (C=O) groups excluding carboxylic acids is 1. The molecule has 0 saturated heterocycles. The van der Waals surface area contributed by atoms with Crippen LogP contribution >= 0.6 is 0 Å². The third-order valence-electron chi connectivity index (χ3n) is 3.60. The average Bonchev–Trinajstić information content (AvgIpc) is 3.15. The van der Waals surface area contributed by atoms with Crippen molar-refractivity contribution in [3.05, 3.63) is 82.4 Å². The Kier molecular flexibility index (Phi) is 5.41. The van der Waals surface area contributed by atoms with E-state index in [0.29, 0.717) is 11.4 Å². The van der Waals surface area contributed by atoms with E-state index >= 15 is 0 Å². The molecule has 0 saturated carbocycles. The predicted molar refractivity (Wildman–Crippen MR) is 94.4 cm³/mol. The lowest BCUT2D eigenvalue weighted by Gasteiger charge is -2.07. The smallest absolute Gasteiger partial charge is 0.271 e. The summed E-state index contributed by atoms with van der Waals surface area (Å²) in [4.78, 5) is 22.3. The fourth-order valence-electron chi connectivity index (χ4n) is 2.30. The van der Waals surface area contributed by atoms with Crippen molar-refractivity contribution >= 4 is 11.6 Å². The first-order valence-electron chi connectivity index (χ1n) is 8.00. The van der Waals surface area contributed by atoms with Gasteiger partial charge in [-0.3, -0.25) is 14.9 Å². The maximum absolute atomic E-state index is 13.0. The normalized spacial score (nSPS) is 10.4. The number of amides is 1. The molecular formula is C18H15FN4O4. The molecule has 0 atom stereocenters. The highest BCUT2D eigenvalue weighted by atomic mass is 19.1. The highest BCUT2D eigenvalue weighted by molar-refractivity contribution is 5.92. The third kappa shape index (κ3) is 4.66. The second-order valence-corrected chi connectivity index (χ2v) is 5.48. The highest BCUT2D eigenvalue weighted by Gasteiger charge is 2.11. The van der Waals surface area contributed by atoms with E-state index < -0.39 is 16.6 Å². The first-order chi connectivity index (χ1) is 13.0. The van der Waals surface area contributed by atoms with Gasteiger partial charge in [-0.2, -0.15) is 5.10 Å². The van der Waals surface area contributed by atoms with E-state index in [1.807, 2.05) is 0 Å². The number of halogens is 1. The Labute approximate surface area is 153 Å². The minimum Gasteiger partial charge on any atom is -0.492 e. The molecule has 0 fully saturated rings. The first kappa shape index (κ1) is 18.1. The Balaban J connectivity index is 1.53. The summed E-state index contributed by atoms with van der Waals surface area (Å²) in [6.07, 6.45) is 1.58. The van der Waals surface area contributed by atoms with Crippen LogP contribution in [0.3, 0.4) is 0 Å². The Morgan fingerprint density at radius 2 is 2.00 bits per heavy atom. The minimum atomic E-state index is -0.488. The van der Waals surface area contributed by atoms with Gasteiger partial charge in [-0.25, -0.2) is 9.07 Å². The van der Waals surface area contributed by atoms with Crippen LogP contribution in [0.5, 0.6) is 5.75 Å². The van der Waals surface area contributed by atoms with Gasteiger partial charge < -0.3 is 10.1 Å². The van der Waals surface area contributed by atoms with Gasteiger partial charge in [0.2, 0.25) is 0 Å². The molecule has 3 aromatic rings. The zero-order chi connectivity index (χ0) is 19.2. The van der Waals surface area contributed by atoms with Crippen LogP contribution in [-0.4, -0.2) is 33.8 Å². The van der Waals surface area contributed by atoms with Crippen LogP contribution in [0, 0.1) is 15.9 Å². The summed E-state index contributed by atoms with van der Waals surface area (Å²) in [6.45, 7) is 0.401. The van der Waals surface area contributed by atoms with E-state index in [0.717, 1.165) is 0 Å². The van der Waals surface area contributed by atoms with Crippen molar-refractivity contribution in [3.63, 3.8) is 0 Å². The molecule has 0 aliphatic rings. The van der Waals surface area contributed by atoms with Crippen molar-refractivity contribution < 1.29 is 18.8 Å². The Hall–Kier alpha value is -3.75. The van der Waals surface area contributed by atoms with Crippen molar-refractivity contribution in [3.8, 4) is 11.4 Å². The molecule has 1 heterocycles. The molecule has 27 heavy (non-hydrogen) atoms. The van der Waals surface area contributed by atoms with Crippen molar-refractivity contribution in [1.29, 1.82) is 0 Å². The summed E-state index contributed by atoms with van der Waals surface area (Å²) in [6, 6.07) is 13.1. The second-order valence-electron chi connectivity index (χ2n) is 5.48. The lowest BCUT2D eigenvalue weighted by atomic mass is 10.3. The van der Waals surface area contributed by atoms with Crippen LogP contribution in [0.1, 0.15) is 10.5 Å². The fraction of sp³-hybridized carbons (Fsp3) is 0.111. The fourth-order valence-corrected chi connectivity index (χ4v) is 2.30. The van der Waals surface area contributed by atoms with Crippen molar-refractivity contribution in [2.45, 2.75) is 0 Å². The van der Waals surface area contributed by atoms with Crippen molar-refractivity contribution in [2.75, 3.05) is 13.2 Å². The summed E-state index contributed by atoms with van der Waals surface area (Å²) in [7, 11) is 0. The molecule has 1 N–H and O–H groups in total. The zero-order valence-corrected chi connectivity index (χ0v) is 14.0. The molecule has 0 aliphatic carbocycles. The monoisotopic (exact) mass is 370 g/mol. The summed E-state index contributed by atoms with van der Waals surface area (Å²) in [5.74, 6) is -0.404. The maximum Gasteiger partial charge on any atom is 0.271 e. The number of nitrogens with zero attached hydrogens (tertiary/aromatic N) is 3. The summed E-state index contributed by atoms with van der Waals surface area (Å²) >= 11 is 0. The third-order valence-corrected chi connectivity index (χ3v) is 3.60. The first-order valence-corrected chi connectivity index (χ1v) is 8.00. The SMILES string of the molecule is O=C(NCCOc1cccc(F)c1)c1ccn(-c2ccc([N+](=O)[O-])cc2)n1. The van der Waals surface area contributed by atoms with Crippen molar-refractivity contribution in [2.24, 2.45) is 0 Å². The number of aromatic nitrogens is 2. The average molecular weight is 370 g/mol. The molecule has 8 nitrogen and oxygen atoms in total. The molecule has 0 bridgehead atoms. The van der Waals surface area contributed by atoms with E-state index in [1.54, 1.807) is 24.4 Å². The summed E-state index contributed by atoms with van der Waals surface area (Å²) in [5.41, 5.74) is 0.760. The minimum absolute atomic E-state index is 0.0258. The number of nitro benzene ring substituents is 1. The zero-order valence-electron chi connectivity index (χ0n) is 14.0. The number of nitro groups is 1. The van der Waals surface area contributed by atoms with Gasteiger partial charge in [0.15, 0.2) is 5.69 Å². The number of nitrogens with one attached hydrogen (secondary N) is 1. The number of carbonyl (C=O) groups is 1. The van der Waals surface area contributed by atoms with E-state index in [4.69, 9.17) is 4.74 Å². The van der Waals surface area contributed by atoms with E-state index in [2.05, 4.69) is 10.4 Å². The topological polar surface area (TPSA) is 99.3 Å². The maximum atomic E-state index is 13.0. The standard InChI is InChI=1S/C18H15FN4O4/c19-13-2-1-3-16(12-13)27-11-9-20-18(24)17-8-10-22(21-17)14-4-6-15(7-5-14)23(25)26/h1-8,10,12H,9,11H2,(H,20,24). The number of non-ortho nitro benzene ring substituents is 1. The Bertz CT molecular complexity index is 956. The molecular weight excluding hydrogens is 355 g/mol. The van der Waals surface area contributed by atoms with Gasteiger partial charge in [0, 0.05) is 24.4 Å². The molecule has 138 valence electrons. The van der Waals surface area contributed by atoms with Gasteiger partial charge >= 0.3 is 0 Å². The number of hydrogen-bond donors (Lipinski definition) is 1. The van der Waals surface area contributed by atoms with Gasteiger partial charge in [0.1, 0.15) is 18.2 Å². The number of benzene rings is 2.